The Morgan fingerprint density at radius 1 is 1.45 bits per heavy atom. The molecule has 0 aromatic heterocycles. The lowest BCUT2D eigenvalue weighted by Gasteiger charge is -2.11. The molecule has 0 spiro atoms. The standard InChI is InChI=1S/C7H17O3P/c1-3-7(4-2)11(9)10-6-5-8/h7-8,11H,3-6H2,1-2H3. The van der Waals surface area contributed by atoms with E-state index in [4.69, 9.17) is 9.63 Å². The Bertz CT molecular complexity index is 112. The average Bonchev–Trinajstić information content (AvgIpc) is 2.03. The molecule has 0 aliphatic carbocycles. The van der Waals surface area contributed by atoms with Gasteiger partial charge in [0.25, 0.3) is 0 Å². The minimum absolute atomic E-state index is 0.0451. The van der Waals surface area contributed by atoms with Crippen LogP contribution in [0.3, 0.4) is 0 Å². The molecule has 0 saturated heterocycles. The van der Waals surface area contributed by atoms with Crippen molar-refractivity contribution in [3.05, 3.63) is 0 Å². The molecule has 0 amide bonds. The van der Waals surface area contributed by atoms with E-state index >= 15 is 0 Å². The minimum Gasteiger partial charge on any atom is -0.394 e. The van der Waals surface area contributed by atoms with E-state index in [1.165, 1.54) is 0 Å². The fraction of sp³-hybridized carbons (Fsp3) is 1.00. The van der Waals surface area contributed by atoms with Gasteiger partial charge in [0.1, 0.15) is 0 Å². The molecule has 0 bridgehead atoms. The van der Waals surface area contributed by atoms with Crippen molar-refractivity contribution >= 4 is 8.03 Å². The molecule has 0 aliphatic rings. The predicted molar refractivity (Wildman–Crippen MR) is 46.4 cm³/mol. The summed E-state index contributed by atoms with van der Waals surface area (Å²) in [6, 6.07) is 0. The lowest BCUT2D eigenvalue weighted by Crippen LogP contribution is -2.02. The van der Waals surface area contributed by atoms with E-state index in [0.29, 0.717) is 0 Å². The van der Waals surface area contributed by atoms with Crippen LogP contribution in [0.5, 0.6) is 0 Å². The van der Waals surface area contributed by atoms with Crippen LogP contribution in [-0.2, 0) is 9.09 Å². The molecule has 1 atom stereocenters. The summed E-state index contributed by atoms with van der Waals surface area (Å²) in [5, 5.41) is 8.39. The maximum absolute atomic E-state index is 11.2. The van der Waals surface area contributed by atoms with Crippen molar-refractivity contribution in [1.29, 1.82) is 0 Å². The molecule has 0 aliphatic heterocycles. The summed E-state index contributed by atoms with van der Waals surface area (Å²) < 4.78 is 16.1. The lowest BCUT2D eigenvalue weighted by atomic mass is 10.3. The van der Waals surface area contributed by atoms with Crippen molar-refractivity contribution in [1.82, 2.24) is 0 Å². The van der Waals surface area contributed by atoms with Crippen molar-refractivity contribution in [2.45, 2.75) is 32.3 Å². The fourth-order valence-corrected chi connectivity index (χ4v) is 2.08. The van der Waals surface area contributed by atoms with Crippen LogP contribution in [0.4, 0.5) is 0 Å². The van der Waals surface area contributed by atoms with Gasteiger partial charge < -0.3 is 9.63 Å². The summed E-state index contributed by atoms with van der Waals surface area (Å²) in [6.07, 6.45) is 1.78. The van der Waals surface area contributed by atoms with Crippen molar-refractivity contribution < 1.29 is 14.2 Å². The first kappa shape index (κ1) is 11.2. The second-order valence-electron chi connectivity index (χ2n) is 2.40. The van der Waals surface area contributed by atoms with Crippen LogP contribution in [0.1, 0.15) is 26.7 Å². The van der Waals surface area contributed by atoms with Gasteiger partial charge >= 0.3 is 0 Å². The first-order valence-corrected chi connectivity index (χ1v) is 5.43. The zero-order valence-electron chi connectivity index (χ0n) is 7.17. The monoisotopic (exact) mass is 180 g/mol. The average molecular weight is 180 g/mol. The Labute approximate surface area is 68.6 Å². The number of hydrogen-bond acceptors (Lipinski definition) is 3. The number of hydrogen-bond donors (Lipinski definition) is 1. The first-order valence-electron chi connectivity index (χ1n) is 4.03. The summed E-state index contributed by atoms with van der Waals surface area (Å²) in [6.45, 7) is 4.16. The van der Waals surface area contributed by atoms with Gasteiger partial charge in [0.15, 0.2) is 8.03 Å². The molecule has 1 unspecified atom stereocenters. The van der Waals surface area contributed by atoms with E-state index in [9.17, 15) is 4.57 Å². The van der Waals surface area contributed by atoms with Crippen LogP contribution in [0.15, 0.2) is 0 Å². The maximum Gasteiger partial charge on any atom is 0.194 e. The lowest BCUT2D eigenvalue weighted by molar-refractivity contribution is 0.206. The van der Waals surface area contributed by atoms with Gasteiger partial charge in [0, 0.05) is 5.66 Å². The van der Waals surface area contributed by atoms with Gasteiger partial charge in [-0.3, -0.25) is 4.57 Å². The van der Waals surface area contributed by atoms with Gasteiger partial charge in [-0.1, -0.05) is 13.8 Å². The molecule has 4 heteroatoms. The molecule has 0 heterocycles. The summed E-state index contributed by atoms with van der Waals surface area (Å²) in [5.41, 5.74) is 0.187. The van der Waals surface area contributed by atoms with Gasteiger partial charge in [-0.25, -0.2) is 0 Å². The van der Waals surface area contributed by atoms with Crippen molar-refractivity contribution in [3.8, 4) is 0 Å². The van der Waals surface area contributed by atoms with Crippen molar-refractivity contribution in [3.63, 3.8) is 0 Å². The van der Waals surface area contributed by atoms with Crippen LogP contribution in [0, 0.1) is 0 Å². The van der Waals surface area contributed by atoms with Gasteiger partial charge in [0.2, 0.25) is 0 Å². The van der Waals surface area contributed by atoms with Crippen molar-refractivity contribution in [2.24, 2.45) is 0 Å². The Morgan fingerprint density at radius 3 is 2.36 bits per heavy atom. The highest BCUT2D eigenvalue weighted by Gasteiger charge is 2.11. The van der Waals surface area contributed by atoms with Crippen LogP contribution >= 0.6 is 8.03 Å². The van der Waals surface area contributed by atoms with E-state index < -0.39 is 8.03 Å². The van der Waals surface area contributed by atoms with E-state index in [1.54, 1.807) is 0 Å². The molecule has 11 heavy (non-hydrogen) atoms. The zero-order chi connectivity index (χ0) is 8.69. The summed E-state index contributed by atoms with van der Waals surface area (Å²) in [5.74, 6) is 0. The van der Waals surface area contributed by atoms with E-state index in [1.807, 2.05) is 13.8 Å². The van der Waals surface area contributed by atoms with Crippen LogP contribution < -0.4 is 0 Å². The molecule has 1 N–H and O–H groups in total. The molecule has 68 valence electrons. The molecule has 0 aromatic carbocycles. The molecular formula is C7H17O3P. The minimum atomic E-state index is -1.90. The summed E-state index contributed by atoms with van der Waals surface area (Å²) in [4.78, 5) is 0. The van der Waals surface area contributed by atoms with Gasteiger partial charge in [0.05, 0.1) is 13.2 Å². The van der Waals surface area contributed by atoms with Gasteiger partial charge in [-0.2, -0.15) is 0 Å². The van der Waals surface area contributed by atoms with E-state index in [-0.39, 0.29) is 18.9 Å². The third-order valence-electron chi connectivity index (χ3n) is 1.65. The Morgan fingerprint density at radius 2 is 2.00 bits per heavy atom. The predicted octanol–water partition coefficient (Wildman–Crippen LogP) is 1.66. The molecule has 3 nitrogen and oxygen atoms in total. The molecule has 0 radical (unpaired) electrons. The number of aliphatic hydroxyl groups is 1. The van der Waals surface area contributed by atoms with Crippen LogP contribution in [0.25, 0.3) is 0 Å². The second-order valence-corrected chi connectivity index (χ2v) is 4.15. The second kappa shape index (κ2) is 6.84. The topological polar surface area (TPSA) is 46.5 Å². The Balaban J connectivity index is 3.61. The quantitative estimate of drug-likeness (QED) is 0.632. The van der Waals surface area contributed by atoms with Crippen LogP contribution in [0.2, 0.25) is 0 Å². The molecule has 0 saturated carbocycles. The number of rotatable bonds is 6. The summed E-state index contributed by atoms with van der Waals surface area (Å²) >= 11 is 0. The van der Waals surface area contributed by atoms with E-state index in [0.717, 1.165) is 12.8 Å². The SMILES string of the molecule is CCC(CC)[PH](=O)OCCO. The largest absolute Gasteiger partial charge is 0.394 e. The highest BCUT2D eigenvalue weighted by Crippen LogP contribution is 2.33. The highest BCUT2D eigenvalue weighted by molar-refractivity contribution is 7.40. The Hall–Kier alpha value is 0.150. The molecular weight excluding hydrogens is 163 g/mol. The van der Waals surface area contributed by atoms with Gasteiger partial charge in [-0.15, -0.1) is 0 Å². The fourth-order valence-electron chi connectivity index (χ4n) is 0.886. The zero-order valence-corrected chi connectivity index (χ0v) is 8.17. The molecule has 0 rings (SSSR count). The van der Waals surface area contributed by atoms with Crippen molar-refractivity contribution in [2.75, 3.05) is 13.2 Å². The first-order chi connectivity index (χ1) is 5.26. The van der Waals surface area contributed by atoms with E-state index in [2.05, 4.69) is 0 Å². The smallest absolute Gasteiger partial charge is 0.194 e. The number of aliphatic hydroxyl groups excluding tert-OH is 1. The maximum atomic E-state index is 11.2. The van der Waals surface area contributed by atoms with Gasteiger partial charge in [-0.05, 0) is 12.8 Å². The molecule has 0 aromatic rings. The third kappa shape index (κ3) is 4.57. The van der Waals surface area contributed by atoms with Crippen LogP contribution in [-0.4, -0.2) is 24.0 Å². The highest BCUT2D eigenvalue weighted by atomic mass is 31.1. The normalized spacial score (nSPS) is 13.8. The third-order valence-corrected chi connectivity index (χ3v) is 3.63. The summed E-state index contributed by atoms with van der Waals surface area (Å²) in [7, 11) is -1.90. The Kier molecular flexibility index (Phi) is 6.93. The molecule has 0 fully saturated rings.